The van der Waals surface area contributed by atoms with Gasteiger partial charge in [0, 0.05) is 30.5 Å². The number of hydrogen-bond donors (Lipinski definition) is 0. The average molecular weight is 434 g/mol. The summed E-state index contributed by atoms with van der Waals surface area (Å²) in [5.74, 6) is 1.45. The summed E-state index contributed by atoms with van der Waals surface area (Å²) < 4.78 is 12.5. The van der Waals surface area contributed by atoms with Gasteiger partial charge in [0.05, 0.1) is 19.7 Å². The number of ether oxygens (including phenoxy) is 2. The highest BCUT2D eigenvalue weighted by Crippen LogP contribution is 2.28. The van der Waals surface area contributed by atoms with Gasteiger partial charge in [-0.1, -0.05) is 31.2 Å². The summed E-state index contributed by atoms with van der Waals surface area (Å²) in [6.07, 6.45) is 1.12. The zero-order chi connectivity index (χ0) is 22.7. The van der Waals surface area contributed by atoms with E-state index in [0.29, 0.717) is 43.1 Å². The largest absolute Gasteiger partial charge is 0.493 e. The Morgan fingerprint density at radius 2 is 1.91 bits per heavy atom. The summed E-state index contributed by atoms with van der Waals surface area (Å²) in [5.41, 5.74) is 4.74. The standard InChI is InChI=1S/C24H27N5O3/c1-5-22(30)28(12-11-17-9-10-20(31-3)21(13-17)32-4)15-19-14-18-8-6-7-16(2)23(18)29-24(19)25-26-27-29/h6-10,13-14H,5,11-12,15H2,1-4H3. The predicted molar refractivity (Wildman–Crippen MR) is 122 cm³/mol. The lowest BCUT2D eigenvalue weighted by Crippen LogP contribution is -2.32. The van der Waals surface area contributed by atoms with Gasteiger partial charge < -0.3 is 14.4 Å². The van der Waals surface area contributed by atoms with Gasteiger partial charge in [-0.05, 0) is 53.1 Å². The average Bonchev–Trinajstić information content (AvgIpc) is 3.31. The number of benzene rings is 2. The van der Waals surface area contributed by atoms with Crippen LogP contribution >= 0.6 is 0 Å². The van der Waals surface area contributed by atoms with E-state index in [1.165, 1.54) is 0 Å². The van der Waals surface area contributed by atoms with Crippen molar-refractivity contribution in [2.75, 3.05) is 20.8 Å². The van der Waals surface area contributed by atoms with E-state index in [1.54, 1.807) is 18.7 Å². The molecule has 2 aromatic carbocycles. The molecule has 32 heavy (non-hydrogen) atoms. The molecule has 0 N–H and O–H groups in total. The van der Waals surface area contributed by atoms with Gasteiger partial charge in [-0.3, -0.25) is 4.79 Å². The fourth-order valence-electron chi connectivity index (χ4n) is 4.02. The monoisotopic (exact) mass is 433 g/mol. The van der Waals surface area contributed by atoms with Gasteiger partial charge in [0.2, 0.25) is 5.91 Å². The maximum atomic E-state index is 12.8. The number of pyridine rings is 1. The molecule has 4 rings (SSSR count). The highest BCUT2D eigenvalue weighted by Gasteiger charge is 2.18. The van der Waals surface area contributed by atoms with Gasteiger partial charge >= 0.3 is 0 Å². The van der Waals surface area contributed by atoms with Crippen LogP contribution in [0.1, 0.15) is 30.0 Å². The van der Waals surface area contributed by atoms with Crippen molar-refractivity contribution in [1.29, 1.82) is 0 Å². The molecule has 166 valence electrons. The summed E-state index contributed by atoms with van der Waals surface area (Å²) >= 11 is 0. The lowest BCUT2D eigenvalue weighted by Gasteiger charge is -2.23. The molecular weight excluding hydrogens is 406 g/mol. The van der Waals surface area contributed by atoms with Crippen LogP contribution in [0.4, 0.5) is 0 Å². The first-order valence-corrected chi connectivity index (χ1v) is 10.6. The number of tetrazole rings is 1. The second kappa shape index (κ2) is 9.21. The van der Waals surface area contributed by atoms with E-state index < -0.39 is 0 Å². The molecule has 0 radical (unpaired) electrons. The lowest BCUT2D eigenvalue weighted by atomic mass is 10.1. The van der Waals surface area contributed by atoms with E-state index in [9.17, 15) is 4.79 Å². The Labute approximate surface area is 186 Å². The highest BCUT2D eigenvalue weighted by atomic mass is 16.5. The third-order valence-electron chi connectivity index (χ3n) is 5.70. The SMILES string of the molecule is CCC(=O)N(CCc1ccc(OC)c(OC)c1)Cc1cc2cccc(C)c2n2nnnc12. The summed E-state index contributed by atoms with van der Waals surface area (Å²) in [5, 5.41) is 13.4. The fourth-order valence-corrected chi connectivity index (χ4v) is 4.02. The molecule has 0 fully saturated rings. The van der Waals surface area contributed by atoms with Crippen molar-refractivity contribution in [2.24, 2.45) is 0 Å². The number of methoxy groups -OCH3 is 2. The first-order valence-electron chi connectivity index (χ1n) is 10.6. The molecule has 0 aliphatic carbocycles. The molecule has 2 heterocycles. The van der Waals surface area contributed by atoms with E-state index in [0.717, 1.165) is 27.6 Å². The summed E-state index contributed by atoms with van der Waals surface area (Å²) in [4.78, 5) is 14.6. The highest BCUT2D eigenvalue weighted by molar-refractivity contribution is 5.86. The van der Waals surface area contributed by atoms with Gasteiger partial charge in [-0.2, -0.15) is 4.52 Å². The van der Waals surface area contributed by atoms with Crippen molar-refractivity contribution in [3.05, 3.63) is 59.2 Å². The minimum atomic E-state index is 0.0837. The molecule has 1 amide bonds. The van der Waals surface area contributed by atoms with E-state index >= 15 is 0 Å². The molecule has 8 heteroatoms. The molecule has 2 aromatic heterocycles. The van der Waals surface area contributed by atoms with Crippen molar-refractivity contribution < 1.29 is 14.3 Å². The molecule has 0 saturated carbocycles. The van der Waals surface area contributed by atoms with Crippen LogP contribution in [0.2, 0.25) is 0 Å². The lowest BCUT2D eigenvalue weighted by molar-refractivity contribution is -0.131. The topological polar surface area (TPSA) is 81.9 Å². The Morgan fingerprint density at radius 1 is 1.09 bits per heavy atom. The zero-order valence-electron chi connectivity index (χ0n) is 18.8. The molecule has 0 atom stereocenters. The molecule has 0 spiro atoms. The maximum absolute atomic E-state index is 12.8. The van der Waals surface area contributed by atoms with Crippen LogP contribution in [0.15, 0.2) is 42.5 Å². The van der Waals surface area contributed by atoms with Crippen LogP contribution in [0.3, 0.4) is 0 Å². The fraction of sp³-hybridized carbons (Fsp3) is 0.333. The van der Waals surface area contributed by atoms with Crippen LogP contribution in [-0.4, -0.2) is 51.6 Å². The Bertz CT molecular complexity index is 1270. The molecule has 0 saturated heterocycles. The van der Waals surface area contributed by atoms with E-state index in [2.05, 4.69) is 21.6 Å². The van der Waals surface area contributed by atoms with E-state index in [4.69, 9.17) is 9.47 Å². The van der Waals surface area contributed by atoms with Crippen LogP contribution in [0, 0.1) is 6.92 Å². The molecule has 0 aliphatic heterocycles. The summed E-state index contributed by atoms with van der Waals surface area (Å²) in [6.45, 7) is 4.93. The number of hydrogen-bond acceptors (Lipinski definition) is 6. The van der Waals surface area contributed by atoms with Crippen molar-refractivity contribution in [3.8, 4) is 11.5 Å². The quantitative estimate of drug-likeness (QED) is 0.422. The molecular formula is C24H27N5O3. The Morgan fingerprint density at radius 3 is 2.66 bits per heavy atom. The molecule has 4 aromatic rings. The van der Waals surface area contributed by atoms with E-state index in [-0.39, 0.29) is 5.91 Å². The molecule has 0 aliphatic rings. The first-order chi connectivity index (χ1) is 15.5. The van der Waals surface area contributed by atoms with Crippen molar-refractivity contribution in [2.45, 2.75) is 33.2 Å². The third kappa shape index (κ3) is 4.08. The molecule has 8 nitrogen and oxygen atoms in total. The maximum Gasteiger partial charge on any atom is 0.222 e. The van der Waals surface area contributed by atoms with Gasteiger partial charge in [0.25, 0.3) is 0 Å². The van der Waals surface area contributed by atoms with Gasteiger partial charge in [0.1, 0.15) is 0 Å². The van der Waals surface area contributed by atoms with Crippen LogP contribution < -0.4 is 9.47 Å². The van der Waals surface area contributed by atoms with Gasteiger partial charge in [0.15, 0.2) is 17.1 Å². The summed E-state index contributed by atoms with van der Waals surface area (Å²) in [7, 11) is 3.23. The van der Waals surface area contributed by atoms with Gasteiger partial charge in [-0.15, -0.1) is 5.10 Å². The Hall–Kier alpha value is -3.68. The van der Waals surface area contributed by atoms with Crippen LogP contribution in [0.25, 0.3) is 16.6 Å². The second-order valence-corrected chi connectivity index (χ2v) is 7.70. The smallest absolute Gasteiger partial charge is 0.222 e. The Kier molecular flexibility index (Phi) is 6.20. The Balaban J connectivity index is 1.63. The number of amides is 1. The minimum absolute atomic E-state index is 0.0837. The third-order valence-corrected chi connectivity index (χ3v) is 5.70. The molecule has 0 bridgehead atoms. The van der Waals surface area contributed by atoms with Crippen LogP contribution in [0.5, 0.6) is 11.5 Å². The number of carbonyl (C=O) groups is 1. The van der Waals surface area contributed by atoms with Crippen molar-refractivity contribution in [3.63, 3.8) is 0 Å². The number of nitrogens with zero attached hydrogens (tertiary/aromatic N) is 5. The van der Waals surface area contributed by atoms with E-state index in [1.807, 2.05) is 55.1 Å². The predicted octanol–water partition coefficient (Wildman–Crippen LogP) is 3.58. The number of aryl methyl sites for hydroxylation is 1. The number of rotatable bonds is 8. The van der Waals surface area contributed by atoms with Crippen LogP contribution in [-0.2, 0) is 17.8 Å². The zero-order valence-corrected chi connectivity index (χ0v) is 18.8. The number of para-hydroxylation sites is 1. The molecule has 0 unspecified atom stereocenters. The summed E-state index contributed by atoms with van der Waals surface area (Å²) in [6, 6.07) is 14.0. The van der Waals surface area contributed by atoms with Gasteiger partial charge in [-0.25, -0.2) is 0 Å². The second-order valence-electron chi connectivity index (χ2n) is 7.70. The first kappa shape index (κ1) is 21.5. The number of carbonyl (C=O) groups excluding carboxylic acids is 1. The van der Waals surface area contributed by atoms with Crippen molar-refractivity contribution in [1.82, 2.24) is 24.9 Å². The van der Waals surface area contributed by atoms with Crippen molar-refractivity contribution >= 4 is 22.5 Å². The number of fused-ring (bicyclic) bond motifs is 3. The minimum Gasteiger partial charge on any atom is -0.493 e. The number of aromatic nitrogens is 4. The normalized spacial score (nSPS) is 11.1.